The minimum Gasteiger partial charge on any atom is -0.398 e. The molecule has 148 valence electrons. The molecule has 0 aromatic heterocycles. The predicted octanol–water partition coefficient (Wildman–Crippen LogP) is 4.09. The van der Waals surface area contributed by atoms with Crippen molar-refractivity contribution in [1.82, 2.24) is 4.90 Å². The Morgan fingerprint density at radius 1 is 1.28 bits per heavy atom. The maximum absolute atomic E-state index is 15.1. The summed E-state index contributed by atoms with van der Waals surface area (Å²) < 4.78 is 15.1. The van der Waals surface area contributed by atoms with Gasteiger partial charge in [-0.2, -0.15) is 5.26 Å². The molecule has 0 aliphatic carbocycles. The van der Waals surface area contributed by atoms with Crippen LogP contribution in [0.25, 0.3) is 5.70 Å². The second-order valence-electron chi connectivity index (χ2n) is 7.20. The molecule has 2 aromatic rings. The first-order valence-corrected chi connectivity index (χ1v) is 9.34. The average Bonchev–Trinajstić information content (AvgIpc) is 2.70. The number of alkyl halides is 1. The standard InChI is InChI=1S/C22H20ClFN4O/c1-13-3-6-16(9-18(13)19(26)14(2)20(23)27)21(29)28-11-22(24,12-28)17-7-4-15(10-25)5-8-17/h3-9,27H,11-12,26H2,1-2H3/b19-14-,27-20?. The highest BCUT2D eigenvalue weighted by molar-refractivity contribution is 6.69. The van der Waals surface area contributed by atoms with E-state index in [9.17, 15) is 4.79 Å². The molecule has 0 unspecified atom stereocenters. The number of allylic oxidation sites excluding steroid dienone is 1. The maximum atomic E-state index is 15.1. The minimum atomic E-state index is -1.62. The number of halogens is 2. The van der Waals surface area contributed by atoms with E-state index in [0.29, 0.717) is 33.5 Å². The third-order valence-electron chi connectivity index (χ3n) is 5.21. The monoisotopic (exact) mass is 410 g/mol. The van der Waals surface area contributed by atoms with E-state index in [2.05, 4.69) is 0 Å². The highest BCUT2D eigenvalue weighted by Gasteiger charge is 2.47. The first-order valence-electron chi connectivity index (χ1n) is 8.97. The highest BCUT2D eigenvalue weighted by atomic mass is 35.5. The van der Waals surface area contributed by atoms with Crippen LogP contribution < -0.4 is 5.73 Å². The lowest BCUT2D eigenvalue weighted by atomic mass is 9.87. The van der Waals surface area contributed by atoms with E-state index in [1.165, 1.54) is 4.90 Å². The van der Waals surface area contributed by atoms with Gasteiger partial charge in [0.25, 0.3) is 5.91 Å². The summed E-state index contributed by atoms with van der Waals surface area (Å²) >= 11 is 5.73. The van der Waals surface area contributed by atoms with Gasteiger partial charge >= 0.3 is 0 Å². The smallest absolute Gasteiger partial charge is 0.254 e. The molecule has 1 heterocycles. The van der Waals surface area contributed by atoms with Crippen LogP contribution in [0.15, 0.2) is 48.0 Å². The van der Waals surface area contributed by atoms with Crippen LogP contribution in [0.4, 0.5) is 4.39 Å². The van der Waals surface area contributed by atoms with E-state index < -0.39 is 5.67 Å². The number of carbonyl (C=O) groups is 1. The second-order valence-corrected chi connectivity index (χ2v) is 7.58. The number of nitrogens with two attached hydrogens (primary N) is 1. The van der Waals surface area contributed by atoms with Gasteiger partial charge in [0.1, 0.15) is 5.17 Å². The Balaban J connectivity index is 1.80. The Labute approximate surface area is 173 Å². The van der Waals surface area contributed by atoms with E-state index in [1.807, 2.05) is 13.0 Å². The molecular formula is C22H20ClFN4O. The van der Waals surface area contributed by atoms with Crippen molar-refractivity contribution in [2.24, 2.45) is 5.73 Å². The number of rotatable bonds is 4. The number of hydrogen-bond donors (Lipinski definition) is 2. The number of hydrogen-bond acceptors (Lipinski definition) is 4. The van der Waals surface area contributed by atoms with Crippen molar-refractivity contribution >= 4 is 28.4 Å². The van der Waals surface area contributed by atoms with Gasteiger partial charge in [0.15, 0.2) is 5.67 Å². The van der Waals surface area contributed by atoms with Gasteiger partial charge in [0.2, 0.25) is 0 Å². The van der Waals surface area contributed by atoms with E-state index in [1.54, 1.807) is 49.4 Å². The van der Waals surface area contributed by atoms with Gasteiger partial charge in [-0.15, -0.1) is 0 Å². The number of nitrogens with one attached hydrogen (secondary N) is 1. The average molecular weight is 411 g/mol. The number of nitriles is 1. The molecule has 29 heavy (non-hydrogen) atoms. The fourth-order valence-electron chi connectivity index (χ4n) is 3.28. The van der Waals surface area contributed by atoms with Crippen LogP contribution in [0.1, 0.15) is 39.5 Å². The molecule has 0 spiro atoms. The van der Waals surface area contributed by atoms with Gasteiger partial charge in [-0.3, -0.25) is 10.2 Å². The quantitative estimate of drug-likeness (QED) is 0.743. The second kappa shape index (κ2) is 7.69. The number of carbonyl (C=O) groups excluding carboxylic acids is 1. The van der Waals surface area contributed by atoms with E-state index in [0.717, 1.165) is 5.56 Å². The molecular weight excluding hydrogens is 391 g/mol. The normalized spacial score (nSPS) is 15.8. The summed E-state index contributed by atoms with van der Waals surface area (Å²) in [5, 5.41) is 16.2. The van der Waals surface area contributed by atoms with Crippen LogP contribution in [0.2, 0.25) is 0 Å². The zero-order valence-corrected chi connectivity index (χ0v) is 16.8. The summed E-state index contributed by atoms with van der Waals surface area (Å²) in [7, 11) is 0. The molecule has 3 rings (SSSR count). The Morgan fingerprint density at radius 2 is 1.90 bits per heavy atom. The molecule has 1 aliphatic heterocycles. The lowest BCUT2D eigenvalue weighted by Gasteiger charge is -2.44. The molecule has 1 amide bonds. The van der Waals surface area contributed by atoms with Crippen molar-refractivity contribution in [3.8, 4) is 6.07 Å². The van der Waals surface area contributed by atoms with Gasteiger partial charge in [0.05, 0.1) is 24.7 Å². The van der Waals surface area contributed by atoms with Crippen LogP contribution in [-0.2, 0) is 5.67 Å². The van der Waals surface area contributed by atoms with Crippen molar-refractivity contribution in [3.05, 3.63) is 75.9 Å². The fraction of sp³-hybridized carbons (Fsp3) is 0.227. The molecule has 0 atom stereocenters. The van der Waals surface area contributed by atoms with E-state index >= 15 is 4.39 Å². The van der Waals surface area contributed by atoms with Crippen molar-refractivity contribution in [2.45, 2.75) is 19.5 Å². The van der Waals surface area contributed by atoms with Gasteiger partial charge in [-0.1, -0.05) is 29.8 Å². The summed E-state index contributed by atoms with van der Waals surface area (Å²) in [4.78, 5) is 14.3. The number of nitrogens with zero attached hydrogens (tertiary/aromatic N) is 2. The molecule has 0 radical (unpaired) electrons. The summed E-state index contributed by atoms with van der Waals surface area (Å²) in [5.41, 5.74) is 8.03. The van der Waals surface area contributed by atoms with E-state index in [4.69, 9.17) is 28.0 Å². The molecule has 0 bridgehead atoms. The van der Waals surface area contributed by atoms with Gasteiger partial charge in [-0.05, 0) is 49.2 Å². The number of amides is 1. The Morgan fingerprint density at radius 3 is 2.45 bits per heavy atom. The molecule has 1 saturated heterocycles. The van der Waals surface area contributed by atoms with Crippen LogP contribution in [0, 0.1) is 23.7 Å². The van der Waals surface area contributed by atoms with Crippen LogP contribution >= 0.6 is 11.6 Å². The molecule has 3 N–H and O–H groups in total. The Kier molecular flexibility index (Phi) is 5.45. The first kappa shape index (κ1) is 20.6. The molecule has 1 fully saturated rings. The Bertz CT molecular complexity index is 1060. The summed E-state index contributed by atoms with van der Waals surface area (Å²) in [6, 6.07) is 13.4. The largest absolute Gasteiger partial charge is 0.398 e. The molecule has 1 aliphatic rings. The minimum absolute atomic E-state index is 0.0579. The third-order valence-corrected chi connectivity index (χ3v) is 5.49. The van der Waals surface area contributed by atoms with Gasteiger partial charge in [0, 0.05) is 22.4 Å². The highest BCUT2D eigenvalue weighted by Crippen LogP contribution is 2.37. The lowest BCUT2D eigenvalue weighted by Crippen LogP contribution is -2.58. The van der Waals surface area contributed by atoms with Crippen LogP contribution in [0.3, 0.4) is 0 Å². The zero-order valence-electron chi connectivity index (χ0n) is 16.1. The van der Waals surface area contributed by atoms with E-state index in [-0.39, 0.29) is 24.2 Å². The zero-order chi connectivity index (χ0) is 21.3. The van der Waals surface area contributed by atoms with Gasteiger partial charge in [-0.25, -0.2) is 4.39 Å². The SMILES string of the molecule is C/C(C(=N)Cl)=C(/N)c1cc(C(=O)N2CC(F)(c3ccc(C#N)cc3)C2)ccc1C. The van der Waals surface area contributed by atoms with Crippen LogP contribution in [-0.4, -0.2) is 29.1 Å². The summed E-state index contributed by atoms with van der Waals surface area (Å²) in [6.45, 7) is 3.38. The summed E-state index contributed by atoms with van der Waals surface area (Å²) in [6.07, 6.45) is 0. The summed E-state index contributed by atoms with van der Waals surface area (Å²) in [5.74, 6) is -0.292. The third kappa shape index (κ3) is 3.87. The number of likely N-dealkylation sites (tertiary alicyclic amines) is 1. The maximum Gasteiger partial charge on any atom is 0.254 e. The topological polar surface area (TPSA) is 94.0 Å². The van der Waals surface area contributed by atoms with Crippen molar-refractivity contribution < 1.29 is 9.18 Å². The van der Waals surface area contributed by atoms with Crippen molar-refractivity contribution in [1.29, 1.82) is 10.7 Å². The Hall–Kier alpha value is -3.17. The molecule has 0 saturated carbocycles. The lowest BCUT2D eigenvalue weighted by molar-refractivity contribution is -0.0231. The molecule has 5 nitrogen and oxygen atoms in total. The van der Waals surface area contributed by atoms with Gasteiger partial charge < -0.3 is 10.6 Å². The molecule has 7 heteroatoms. The first-order chi connectivity index (χ1) is 13.7. The predicted molar refractivity (Wildman–Crippen MR) is 111 cm³/mol. The number of aryl methyl sites for hydroxylation is 1. The molecule has 2 aromatic carbocycles. The van der Waals surface area contributed by atoms with Crippen molar-refractivity contribution in [3.63, 3.8) is 0 Å². The number of benzene rings is 2. The van der Waals surface area contributed by atoms with Crippen molar-refractivity contribution in [2.75, 3.05) is 13.1 Å². The van der Waals surface area contributed by atoms with Crippen LogP contribution in [0.5, 0.6) is 0 Å². The fourth-order valence-corrected chi connectivity index (χ4v) is 3.38.